The molecule has 1 fully saturated rings. The van der Waals surface area contributed by atoms with Gasteiger partial charge in [0, 0.05) is 0 Å². The van der Waals surface area contributed by atoms with Crippen molar-refractivity contribution in [3.8, 4) is 0 Å². The van der Waals surface area contributed by atoms with E-state index in [1.165, 1.54) is 18.4 Å². The highest BCUT2D eigenvalue weighted by molar-refractivity contribution is 5.27. The molecular weight excluding hydrogens is 175 g/mol. The average Bonchev–Trinajstić information content (AvgIpc) is 2.97. The molecule has 14 heavy (non-hydrogen) atoms. The Labute approximate surface area is 86.2 Å². The molecule has 0 nitrogen and oxygen atoms in total. The van der Waals surface area contributed by atoms with Crippen LogP contribution >= 0.6 is 0 Å². The first-order chi connectivity index (χ1) is 6.75. The van der Waals surface area contributed by atoms with Crippen molar-refractivity contribution in [2.45, 2.75) is 40.0 Å². The third-order valence-corrected chi connectivity index (χ3v) is 2.51. The summed E-state index contributed by atoms with van der Waals surface area (Å²) in [4.78, 5) is 0. The van der Waals surface area contributed by atoms with Crippen molar-refractivity contribution in [1.82, 2.24) is 0 Å². The molecule has 0 aromatic heterocycles. The average molecular weight is 194 g/mol. The molecule has 1 saturated carbocycles. The molecule has 0 unspecified atom stereocenters. The second-order valence-electron chi connectivity index (χ2n) is 3.72. The molecule has 0 amide bonds. The maximum atomic E-state index is 12.7. The number of rotatable bonds is 2. The van der Waals surface area contributed by atoms with Gasteiger partial charge in [-0.05, 0) is 55.4 Å². The van der Waals surface area contributed by atoms with Gasteiger partial charge in [0.05, 0.1) is 0 Å². The monoisotopic (exact) mass is 194 g/mol. The van der Waals surface area contributed by atoms with Crippen LogP contribution in [-0.4, -0.2) is 0 Å². The molecule has 0 N–H and O–H groups in total. The second-order valence-corrected chi connectivity index (χ2v) is 3.72. The van der Waals surface area contributed by atoms with Gasteiger partial charge in [0.2, 0.25) is 0 Å². The summed E-state index contributed by atoms with van der Waals surface area (Å²) < 4.78 is 12.7. The highest BCUT2D eigenvalue weighted by Crippen LogP contribution is 2.33. The molecule has 2 rings (SSSR count). The van der Waals surface area contributed by atoms with Crippen molar-refractivity contribution in [1.29, 1.82) is 0 Å². The summed E-state index contributed by atoms with van der Waals surface area (Å²) in [5.41, 5.74) is 2.42. The summed E-state index contributed by atoms with van der Waals surface area (Å²) in [6, 6.07) is 5.10. The third kappa shape index (κ3) is 3.13. The zero-order chi connectivity index (χ0) is 10.6. The standard InChI is InChI=1S/C11H13F.C2H6/c1-8-6-11(12)5-4-10(8)7-9-2-3-9;1-2/h4-6,9H,2-3,7H2,1H3;1-2H3. The van der Waals surface area contributed by atoms with Gasteiger partial charge >= 0.3 is 0 Å². The Hall–Kier alpha value is -0.850. The fourth-order valence-corrected chi connectivity index (χ4v) is 1.52. The summed E-state index contributed by atoms with van der Waals surface area (Å²) in [6.45, 7) is 5.99. The number of hydrogen-bond acceptors (Lipinski definition) is 0. The van der Waals surface area contributed by atoms with Crippen LogP contribution in [0, 0.1) is 18.7 Å². The van der Waals surface area contributed by atoms with Gasteiger partial charge in [0.1, 0.15) is 5.82 Å². The quantitative estimate of drug-likeness (QED) is 0.664. The fraction of sp³-hybridized carbons (Fsp3) is 0.538. The normalized spacial score (nSPS) is 14.6. The summed E-state index contributed by atoms with van der Waals surface area (Å²) in [5, 5.41) is 0. The lowest BCUT2D eigenvalue weighted by Gasteiger charge is -2.03. The van der Waals surface area contributed by atoms with E-state index < -0.39 is 0 Å². The van der Waals surface area contributed by atoms with Gasteiger partial charge in [-0.15, -0.1) is 0 Å². The molecule has 1 aliphatic carbocycles. The minimum atomic E-state index is -0.118. The van der Waals surface area contributed by atoms with Gasteiger partial charge in [-0.2, -0.15) is 0 Å². The zero-order valence-electron chi connectivity index (χ0n) is 9.31. The lowest BCUT2D eigenvalue weighted by molar-refractivity contribution is 0.625. The van der Waals surface area contributed by atoms with E-state index in [1.54, 1.807) is 12.1 Å². The van der Waals surface area contributed by atoms with Crippen molar-refractivity contribution in [2.75, 3.05) is 0 Å². The van der Waals surface area contributed by atoms with Gasteiger partial charge in [-0.3, -0.25) is 0 Å². The van der Waals surface area contributed by atoms with Crippen LogP contribution in [0.25, 0.3) is 0 Å². The van der Waals surface area contributed by atoms with Gasteiger partial charge < -0.3 is 0 Å². The Morgan fingerprint density at radius 3 is 2.43 bits per heavy atom. The van der Waals surface area contributed by atoms with Crippen LogP contribution in [0.3, 0.4) is 0 Å². The van der Waals surface area contributed by atoms with Gasteiger partial charge in [-0.1, -0.05) is 19.9 Å². The SMILES string of the molecule is CC.Cc1cc(F)ccc1CC1CC1. The smallest absolute Gasteiger partial charge is 0.123 e. The Kier molecular flexibility index (Phi) is 4.12. The highest BCUT2D eigenvalue weighted by Gasteiger charge is 2.21. The number of benzene rings is 1. The van der Waals surface area contributed by atoms with Crippen LogP contribution in [0.4, 0.5) is 4.39 Å². The minimum Gasteiger partial charge on any atom is -0.207 e. The maximum absolute atomic E-state index is 12.7. The van der Waals surface area contributed by atoms with Crippen molar-refractivity contribution < 1.29 is 4.39 Å². The summed E-state index contributed by atoms with van der Waals surface area (Å²) >= 11 is 0. The molecule has 0 saturated heterocycles. The number of aryl methyl sites for hydroxylation is 1. The zero-order valence-corrected chi connectivity index (χ0v) is 9.31. The minimum absolute atomic E-state index is 0.118. The lowest BCUT2D eigenvalue weighted by atomic mass is 10.0. The van der Waals surface area contributed by atoms with Crippen LogP contribution in [-0.2, 0) is 6.42 Å². The van der Waals surface area contributed by atoms with E-state index in [1.807, 2.05) is 26.8 Å². The number of halogens is 1. The molecule has 78 valence electrons. The van der Waals surface area contributed by atoms with Crippen LogP contribution in [0.5, 0.6) is 0 Å². The Morgan fingerprint density at radius 2 is 1.93 bits per heavy atom. The Balaban J connectivity index is 0.000000461. The van der Waals surface area contributed by atoms with Crippen molar-refractivity contribution in [3.05, 3.63) is 35.1 Å². The molecule has 0 atom stereocenters. The molecule has 1 aromatic carbocycles. The molecule has 1 aliphatic rings. The topological polar surface area (TPSA) is 0 Å². The van der Waals surface area contributed by atoms with Crippen molar-refractivity contribution in [2.24, 2.45) is 5.92 Å². The van der Waals surface area contributed by atoms with E-state index in [4.69, 9.17) is 0 Å². The molecule has 0 heterocycles. The Bertz CT molecular complexity index is 287. The highest BCUT2D eigenvalue weighted by atomic mass is 19.1. The summed E-state index contributed by atoms with van der Waals surface area (Å²) in [6.07, 6.45) is 3.86. The Morgan fingerprint density at radius 1 is 1.29 bits per heavy atom. The maximum Gasteiger partial charge on any atom is 0.123 e. The van der Waals surface area contributed by atoms with E-state index in [-0.39, 0.29) is 5.82 Å². The predicted molar refractivity (Wildman–Crippen MR) is 58.9 cm³/mol. The van der Waals surface area contributed by atoms with E-state index >= 15 is 0 Å². The summed E-state index contributed by atoms with van der Waals surface area (Å²) in [5.74, 6) is 0.765. The second kappa shape index (κ2) is 5.14. The van der Waals surface area contributed by atoms with Gasteiger partial charge in [0.25, 0.3) is 0 Å². The van der Waals surface area contributed by atoms with Crippen LogP contribution in [0.1, 0.15) is 37.8 Å². The number of hydrogen-bond donors (Lipinski definition) is 0. The molecule has 1 heteroatoms. The largest absolute Gasteiger partial charge is 0.207 e. The lowest BCUT2D eigenvalue weighted by Crippen LogP contribution is -1.91. The van der Waals surface area contributed by atoms with Gasteiger partial charge in [0.15, 0.2) is 0 Å². The molecule has 0 spiro atoms. The van der Waals surface area contributed by atoms with E-state index in [0.717, 1.165) is 17.9 Å². The molecule has 0 radical (unpaired) electrons. The van der Waals surface area contributed by atoms with Crippen LogP contribution < -0.4 is 0 Å². The van der Waals surface area contributed by atoms with Crippen molar-refractivity contribution >= 4 is 0 Å². The fourth-order valence-electron chi connectivity index (χ4n) is 1.52. The van der Waals surface area contributed by atoms with Crippen LogP contribution in [0.15, 0.2) is 18.2 Å². The first-order valence-electron chi connectivity index (χ1n) is 5.51. The molecule has 1 aromatic rings. The van der Waals surface area contributed by atoms with Gasteiger partial charge in [-0.25, -0.2) is 4.39 Å². The van der Waals surface area contributed by atoms with E-state index in [9.17, 15) is 4.39 Å². The first kappa shape index (κ1) is 11.2. The van der Waals surface area contributed by atoms with Crippen LogP contribution in [0.2, 0.25) is 0 Å². The third-order valence-electron chi connectivity index (χ3n) is 2.51. The molecule has 0 aliphatic heterocycles. The van der Waals surface area contributed by atoms with E-state index in [2.05, 4.69) is 0 Å². The molecule has 0 bridgehead atoms. The van der Waals surface area contributed by atoms with E-state index in [0.29, 0.717) is 0 Å². The predicted octanol–water partition coefficient (Wildman–Crippen LogP) is 4.11. The summed E-state index contributed by atoms with van der Waals surface area (Å²) in [7, 11) is 0. The molecular formula is C13H19F. The first-order valence-corrected chi connectivity index (χ1v) is 5.51. The van der Waals surface area contributed by atoms with Crippen molar-refractivity contribution in [3.63, 3.8) is 0 Å².